The Labute approximate surface area is 113 Å². The van der Waals surface area contributed by atoms with Gasteiger partial charge in [-0.1, -0.05) is 36.4 Å². The van der Waals surface area contributed by atoms with Gasteiger partial charge in [0.2, 0.25) is 5.91 Å². The summed E-state index contributed by atoms with van der Waals surface area (Å²) in [6.45, 7) is 0. The summed E-state index contributed by atoms with van der Waals surface area (Å²) >= 11 is 0. The molecule has 0 fully saturated rings. The fourth-order valence-electron chi connectivity index (χ4n) is 3.08. The summed E-state index contributed by atoms with van der Waals surface area (Å²) in [7, 11) is 0. The van der Waals surface area contributed by atoms with Gasteiger partial charge in [-0.25, -0.2) is 0 Å². The molecule has 1 amide bonds. The molecular weight excluding hydrogens is 238 g/mol. The highest BCUT2D eigenvalue weighted by atomic mass is 16.3. The predicted molar refractivity (Wildman–Crippen MR) is 73.5 cm³/mol. The number of amides is 1. The Morgan fingerprint density at radius 1 is 1.37 bits per heavy atom. The molecule has 2 N–H and O–H groups in total. The molecule has 0 heterocycles. The van der Waals surface area contributed by atoms with Crippen molar-refractivity contribution in [2.45, 2.75) is 37.8 Å². The van der Waals surface area contributed by atoms with Gasteiger partial charge in [0.1, 0.15) is 0 Å². The SMILES string of the molecule is O=C(CC1C=CCC1)NC1c2ccccc2CC1O. The minimum atomic E-state index is -0.500. The van der Waals surface area contributed by atoms with Gasteiger partial charge in [-0.15, -0.1) is 0 Å². The van der Waals surface area contributed by atoms with Gasteiger partial charge in [-0.3, -0.25) is 4.79 Å². The van der Waals surface area contributed by atoms with Crippen LogP contribution in [0, 0.1) is 5.92 Å². The highest BCUT2D eigenvalue weighted by Gasteiger charge is 2.32. The van der Waals surface area contributed by atoms with Crippen molar-refractivity contribution >= 4 is 5.91 Å². The van der Waals surface area contributed by atoms with Gasteiger partial charge in [0.15, 0.2) is 0 Å². The van der Waals surface area contributed by atoms with Crippen molar-refractivity contribution in [3.05, 3.63) is 47.5 Å². The van der Waals surface area contributed by atoms with Crippen molar-refractivity contribution in [1.82, 2.24) is 5.32 Å². The lowest BCUT2D eigenvalue weighted by atomic mass is 10.0. The number of aliphatic hydroxyl groups excluding tert-OH is 1. The van der Waals surface area contributed by atoms with Gasteiger partial charge >= 0.3 is 0 Å². The zero-order valence-electron chi connectivity index (χ0n) is 10.9. The minimum absolute atomic E-state index is 0.0392. The number of fused-ring (bicyclic) bond motifs is 1. The molecule has 1 aromatic carbocycles. The Morgan fingerprint density at radius 3 is 3.00 bits per heavy atom. The molecule has 0 bridgehead atoms. The van der Waals surface area contributed by atoms with Crippen molar-refractivity contribution in [2.75, 3.05) is 0 Å². The molecule has 0 aromatic heterocycles. The molecular formula is C16H19NO2. The third kappa shape index (κ3) is 2.56. The summed E-state index contributed by atoms with van der Waals surface area (Å²) < 4.78 is 0. The van der Waals surface area contributed by atoms with Crippen LogP contribution in [-0.2, 0) is 11.2 Å². The van der Waals surface area contributed by atoms with Crippen LogP contribution in [-0.4, -0.2) is 17.1 Å². The Hall–Kier alpha value is -1.61. The molecule has 100 valence electrons. The van der Waals surface area contributed by atoms with Crippen LogP contribution in [0.1, 0.15) is 36.4 Å². The molecule has 0 saturated heterocycles. The molecule has 0 saturated carbocycles. The Kier molecular flexibility index (Phi) is 3.38. The number of hydrogen-bond acceptors (Lipinski definition) is 2. The number of carbonyl (C=O) groups is 1. The quantitative estimate of drug-likeness (QED) is 0.815. The first-order chi connectivity index (χ1) is 9.24. The van der Waals surface area contributed by atoms with Crippen molar-refractivity contribution in [3.63, 3.8) is 0 Å². The smallest absolute Gasteiger partial charge is 0.221 e. The summed E-state index contributed by atoms with van der Waals surface area (Å²) in [5.74, 6) is 0.408. The van der Waals surface area contributed by atoms with Crippen LogP contribution in [0.5, 0.6) is 0 Å². The maximum Gasteiger partial charge on any atom is 0.221 e. The van der Waals surface area contributed by atoms with E-state index >= 15 is 0 Å². The molecule has 3 heteroatoms. The van der Waals surface area contributed by atoms with E-state index in [-0.39, 0.29) is 11.9 Å². The number of benzene rings is 1. The van der Waals surface area contributed by atoms with E-state index in [0.717, 1.165) is 24.0 Å². The van der Waals surface area contributed by atoms with E-state index in [9.17, 15) is 9.90 Å². The summed E-state index contributed by atoms with van der Waals surface area (Å²) in [4.78, 5) is 12.1. The maximum atomic E-state index is 12.1. The molecule has 3 rings (SSSR count). The van der Waals surface area contributed by atoms with Gasteiger partial charge < -0.3 is 10.4 Å². The van der Waals surface area contributed by atoms with Crippen LogP contribution < -0.4 is 5.32 Å². The third-order valence-electron chi connectivity index (χ3n) is 4.08. The summed E-state index contributed by atoms with van der Waals surface area (Å²) in [6.07, 6.45) is 7.06. The lowest BCUT2D eigenvalue weighted by Crippen LogP contribution is -2.34. The van der Waals surface area contributed by atoms with Gasteiger partial charge in [0, 0.05) is 12.8 Å². The summed E-state index contributed by atoms with van der Waals surface area (Å²) in [5.41, 5.74) is 2.20. The number of allylic oxidation sites excluding steroid dienone is 2. The fourth-order valence-corrected chi connectivity index (χ4v) is 3.08. The van der Waals surface area contributed by atoms with Gasteiger partial charge in [-0.05, 0) is 29.9 Å². The molecule has 2 aliphatic rings. The molecule has 0 radical (unpaired) electrons. The number of aliphatic hydroxyl groups is 1. The van der Waals surface area contributed by atoms with Gasteiger partial charge in [-0.2, -0.15) is 0 Å². The standard InChI is InChI=1S/C16H19NO2/c18-14-10-12-7-3-4-8-13(12)16(14)17-15(19)9-11-5-1-2-6-11/h1,3-5,7-8,11,14,16,18H,2,6,9-10H2,(H,17,19). The number of hydrogen-bond donors (Lipinski definition) is 2. The fraction of sp³-hybridized carbons (Fsp3) is 0.438. The average molecular weight is 257 g/mol. The number of nitrogens with one attached hydrogen (secondary N) is 1. The molecule has 3 nitrogen and oxygen atoms in total. The highest BCUT2D eigenvalue weighted by Crippen LogP contribution is 2.31. The van der Waals surface area contributed by atoms with E-state index in [2.05, 4.69) is 17.5 Å². The lowest BCUT2D eigenvalue weighted by molar-refractivity contribution is -0.123. The molecule has 0 spiro atoms. The zero-order valence-corrected chi connectivity index (χ0v) is 10.9. The first-order valence-electron chi connectivity index (χ1n) is 6.96. The topological polar surface area (TPSA) is 49.3 Å². The second-order valence-electron chi connectivity index (χ2n) is 5.49. The summed E-state index contributed by atoms with van der Waals surface area (Å²) in [5, 5.41) is 13.1. The molecule has 3 unspecified atom stereocenters. The van der Waals surface area contributed by atoms with Gasteiger partial charge in [0.05, 0.1) is 12.1 Å². The molecule has 2 aliphatic carbocycles. The second kappa shape index (κ2) is 5.17. The molecule has 1 aromatic rings. The Bertz CT molecular complexity index is 509. The Morgan fingerprint density at radius 2 is 2.21 bits per heavy atom. The second-order valence-corrected chi connectivity index (χ2v) is 5.49. The van der Waals surface area contributed by atoms with Crippen molar-refractivity contribution in [1.29, 1.82) is 0 Å². The molecule has 0 aliphatic heterocycles. The molecule has 3 atom stereocenters. The first kappa shape index (κ1) is 12.4. The number of carbonyl (C=O) groups excluding carboxylic acids is 1. The zero-order chi connectivity index (χ0) is 13.2. The lowest BCUT2D eigenvalue weighted by Gasteiger charge is -2.19. The predicted octanol–water partition coefficient (Wildman–Crippen LogP) is 2.12. The van der Waals surface area contributed by atoms with E-state index in [4.69, 9.17) is 0 Å². The summed E-state index contributed by atoms with van der Waals surface area (Å²) in [6, 6.07) is 7.69. The van der Waals surface area contributed by atoms with Crippen LogP contribution in [0.25, 0.3) is 0 Å². The Balaban J connectivity index is 1.66. The minimum Gasteiger partial charge on any atom is -0.390 e. The van der Waals surface area contributed by atoms with Crippen molar-refractivity contribution in [2.24, 2.45) is 5.92 Å². The van der Waals surface area contributed by atoms with E-state index in [0.29, 0.717) is 18.8 Å². The number of rotatable bonds is 3. The van der Waals surface area contributed by atoms with Gasteiger partial charge in [0.25, 0.3) is 0 Å². The maximum absolute atomic E-state index is 12.1. The average Bonchev–Trinajstić information content (AvgIpc) is 2.99. The van der Waals surface area contributed by atoms with Crippen LogP contribution in [0.2, 0.25) is 0 Å². The van der Waals surface area contributed by atoms with Crippen LogP contribution >= 0.6 is 0 Å². The van der Waals surface area contributed by atoms with Crippen LogP contribution in [0.4, 0.5) is 0 Å². The van der Waals surface area contributed by atoms with E-state index in [1.165, 1.54) is 0 Å². The monoisotopic (exact) mass is 257 g/mol. The normalized spacial score (nSPS) is 28.4. The third-order valence-corrected chi connectivity index (χ3v) is 4.08. The van der Waals surface area contributed by atoms with E-state index in [1.54, 1.807) is 0 Å². The van der Waals surface area contributed by atoms with E-state index in [1.807, 2.05) is 24.3 Å². The van der Waals surface area contributed by atoms with Crippen LogP contribution in [0.15, 0.2) is 36.4 Å². The molecule has 19 heavy (non-hydrogen) atoms. The highest BCUT2D eigenvalue weighted by molar-refractivity contribution is 5.77. The van der Waals surface area contributed by atoms with Crippen LogP contribution in [0.3, 0.4) is 0 Å². The largest absolute Gasteiger partial charge is 0.390 e. The van der Waals surface area contributed by atoms with Crippen molar-refractivity contribution < 1.29 is 9.90 Å². The van der Waals surface area contributed by atoms with Crippen molar-refractivity contribution in [3.8, 4) is 0 Å². The van der Waals surface area contributed by atoms with E-state index < -0.39 is 6.10 Å². The first-order valence-corrected chi connectivity index (χ1v) is 6.96.